The van der Waals surface area contributed by atoms with Crippen LogP contribution in [0.3, 0.4) is 0 Å². The van der Waals surface area contributed by atoms with Crippen molar-refractivity contribution in [1.82, 2.24) is 15.1 Å². The molecule has 19 heavy (non-hydrogen) atoms. The molecule has 0 aliphatic rings. The van der Waals surface area contributed by atoms with E-state index in [9.17, 15) is 4.79 Å². The van der Waals surface area contributed by atoms with Crippen molar-refractivity contribution in [3.05, 3.63) is 17.8 Å². The summed E-state index contributed by atoms with van der Waals surface area (Å²) < 4.78 is 0. The number of unbranched alkanes of at least 4 members (excludes halogenated alkanes) is 2. The highest BCUT2D eigenvalue weighted by atomic mass is 16.2. The third-order valence-corrected chi connectivity index (χ3v) is 2.82. The highest BCUT2D eigenvalue weighted by molar-refractivity contribution is 5.91. The molecule has 106 valence electrons. The Morgan fingerprint density at radius 3 is 2.42 bits per heavy atom. The lowest BCUT2D eigenvalue weighted by Crippen LogP contribution is -2.24. The van der Waals surface area contributed by atoms with Crippen LogP contribution in [0.15, 0.2) is 12.1 Å². The number of carbonyl (C=O) groups excluding carboxylic acids is 1. The van der Waals surface area contributed by atoms with Crippen molar-refractivity contribution in [2.24, 2.45) is 0 Å². The minimum atomic E-state index is -0.148. The maximum Gasteiger partial charge on any atom is 0.273 e. The predicted octanol–water partition coefficient (Wildman–Crippen LogP) is 0.777. The van der Waals surface area contributed by atoms with E-state index in [2.05, 4.69) is 10.2 Å². The van der Waals surface area contributed by atoms with E-state index in [4.69, 9.17) is 5.11 Å². The molecule has 0 spiro atoms. The lowest BCUT2D eigenvalue weighted by Gasteiger charge is -2.17. The standard InChI is InChI=1S/C13H22N4O2/c1-16(2)13(19)11-7-8-12(15-14-11)17(3)9-5-4-6-10-18/h7-8,18H,4-6,9-10H2,1-3H3. The summed E-state index contributed by atoms with van der Waals surface area (Å²) in [5, 5.41) is 16.7. The Morgan fingerprint density at radius 2 is 1.89 bits per heavy atom. The number of rotatable bonds is 7. The summed E-state index contributed by atoms with van der Waals surface area (Å²) in [6, 6.07) is 3.49. The quantitative estimate of drug-likeness (QED) is 0.738. The number of hydrogen-bond acceptors (Lipinski definition) is 5. The first-order chi connectivity index (χ1) is 9.06. The number of amides is 1. The molecule has 0 saturated heterocycles. The maximum atomic E-state index is 11.7. The molecule has 0 unspecified atom stereocenters. The van der Waals surface area contributed by atoms with Crippen molar-refractivity contribution >= 4 is 11.7 Å². The zero-order valence-corrected chi connectivity index (χ0v) is 11.8. The average Bonchev–Trinajstić information content (AvgIpc) is 2.42. The maximum absolute atomic E-state index is 11.7. The first-order valence-corrected chi connectivity index (χ1v) is 6.43. The summed E-state index contributed by atoms with van der Waals surface area (Å²) >= 11 is 0. The van der Waals surface area contributed by atoms with Crippen LogP contribution in [0.1, 0.15) is 29.8 Å². The van der Waals surface area contributed by atoms with Crippen molar-refractivity contribution in [1.29, 1.82) is 0 Å². The second-order valence-corrected chi connectivity index (χ2v) is 4.68. The van der Waals surface area contributed by atoms with Crippen LogP contribution in [0, 0.1) is 0 Å². The molecule has 0 aromatic carbocycles. The second kappa shape index (κ2) is 7.68. The molecule has 0 fully saturated rings. The van der Waals surface area contributed by atoms with Gasteiger partial charge >= 0.3 is 0 Å². The van der Waals surface area contributed by atoms with Gasteiger partial charge in [0.1, 0.15) is 0 Å². The van der Waals surface area contributed by atoms with Gasteiger partial charge in [0.2, 0.25) is 0 Å². The topological polar surface area (TPSA) is 69.6 Å². The SMILES string of the molecule is CN(C)C(=O)c1ccc(N(C)CCCCCO)nn1. The number of aromatic nitrogens is 2. The smallest absolute Gasteiger partial charge is 0.273 e. The van der Waals surface area contributed by atoms with E-state index < -0.39 is 0 Å². The Labute approximate surface area is 114 Å². The Bertz CT molecular complexity index is 392. The number of hydrogen-bond donors (Lipinski definition) is 1. The van der Waals surface area contributed by atoms with Gasteiger partial charge in [-0.1, -0.05) is 0 Å². The average molecular weight is 266 g/mol. The summed E-state index contributed by atoms with van der Waals surface area (Å²) in [5.41, 5.74) is 0.349. The highest BCUT2D eigenvalue weighted by Gasteiger charge is 2.11. The van der Waals surface area contributed by atoms with Crippen LogP contribution in [-0.4, -0.2) is 60.4 Å². The number of anilines is 1. The van der Waals surface area contributed by atoms with Crippen LogP contribution in [0.5, 0.6) is 0 Å². The molecule has 1 rings (SSSR count). The molecule has 0 bridgehead atoms. The molecule has 0 atom stereocenters. The number of aliphatic hydroxyl groups is 1. The van der Waals surface area contributed by atoms with Gasteiger partial charge in [-0.05, 0) is 31.4 Å². The molecule has 0 aliphatic carbocycles. The van der Waals surface area contributed by atoms with E-state index in [0.717, 1.165) is 31.6 Å². The molecular weight excluding hydrogens is 244 g/mol. The molecule has 0 radical (unpaired) electrons. The fourth-order valence-electron chi connectivity index (χ4n) is 1.62. The van der Waals surface area contributed by atoms with Crippen molar-refractivity contribution in [2.75, 3.05) is 39.2 Å². The molecule has 6 nitrogen and oxygen atoms in total. The first kappa shape index (κ1) is 15.4. The van der Waals surface area contributed by atoms with Crippen molar-refractivity contribution in [3.8, 4) is 0 Å². The van der Waals surface area contributed by atoms with Gasteiger partial charge in [0.25, 0.3) is 5.91 Å². The largest absolute Gasteiger partial charge is 0.396 e. The van der Waals surface area contributed by atoms with Crippen LogP contribution in [0.25, 0.3) is 0 Å². The van der Waals surface area contributed by atoms with E-state index in [0.29, 0.717) is 5.69 Å². The Kier molecular flexibility index (Phi) is 6.21. The van der Waals surface area contributed by atoms with Crippen molar-refractivity contribution < 1.29 is 9.90 Å². The molecule has 1 aromatic rings. The van der Waals surface area contributed by atoms with Crippen LogP contribution in [0.4, 0.5) is 5.82 Å². The summed E-state index contributed by atoms with van der Waals surface area (Å²) in [6.07, 6.45) is 2.82. The molecule has 6 heteroatoms. The number of carbonyl (C=O) groups is 1. The second-order valence-electron chi connectivity index (χ2n) is 4.68. The van der Waals surface area contributed by atoms with Crippen molar-refractivity contribution in [2.45, 2.75) is 19.3 Å². The predicted molar refractivity (Wildman–Crippen MR) is 74.3 cm³/mol. The molecule has 0 saturated carbocycles. The summed E-state index contributed by atoms with van der Waals surface area (Å²) in [7, 11) is 5.31. The van der Waals surface area contributed by atoms with Gasteiger partial charge in [-0.3, -0.25) is 4.79 Å². The van der Waals surface area contributed by atoms with Gasteiger partial charge in [0.15, 0.2) is 11.5 Å². The van der Waals surface area contributed by atoms with E-state index in [1.54, 1.807) is 26.2 Å². The fourth-order valence-corrected chi connectivity index (χ4v) is 1.62. The van der Waals surface area contributed by atoms with Crippen molar-refractivity contribution in [3.63, 3.8) is 0 Å². The molecule has 1 heterocycles. The summed E-state index contributed by atoms with van der Waals surface area (Å²) in [5.74, 6) is 0.601. The normalized spacial score (nSPS) is 10.3. The molecule has 1 amide bonds. The highest BCUT2D eigenvalue weighted by Crippen LogP contribution is 2.09. The third kappa shape index (κ3) is 4.82. The van der Waals surface area contributed by atoms with Crippen LogP contribution in [-0.2, 0) is 0 Å². The van der Waals surface area contributed by atoms with Gasteiger partial charge < -0.3 is 14.9 Å². The van der Waals surface area contributed by atoms with Gasteiger partial charge in [-0.15, -0.1) is 10.2 Å². The first-order valence-electron chi connectivity index (χ1n) is 6.43. The Morgan fingerprint density at radius 1 is 1.16 bits per heavy atom. The molecule has 1 N–H and O–H groups in total. The zero-order valence-electron chi connectivity index (χ0n) is 11.8. The summed E-state index contributed by atoms with van der Waals surface area (Å²) in [4.78, 5) is 15.1. The molecular formula is C13H22N4O2. The van der Waals surface area contributed by atoms with E-state index in [-0.39, 0.29) is 12.5 Å². The molecule has 0 aliphatic heterocycles. The Balaban J connectivity index is 2.53. The zero-order chi connectivity index (χ0) is 14.3. The fraction of sp³-hybridized carbons (Fsp3) is 0.615. The number of nitrogens with zero attached hydrogens (tertiary/aromatic N) is 4. The van der Waals surface area contributed by atoms with Gasteiger partial charge in [0, 0.05) is 34.3 Å². The minimum Gasteiger partial charge on any atom is -0.396 e. The number of aliphatic hydroxyl groups excluding tert-OH is 1. The summed E-state index contributed by atoms with van der Waals surface area (Å²) in [6.45, 7) is 1.10. The monoisotopic (exact) mass is 266 g/mol. The van der Waals surface area contributed by atoms with Gasteiger partial charge in [-0.25, -0.2) is 0 Å². The van der Waals surface area contributed by atoms with Gasteiger partial charge in [0.05, 0.1) is 0 Å². The molecule has 1 aromatic heterocycles. The van der Waals surface area contributed by atoms with E-state index in [1.165, 1.54) is 4.90 Å². The Hall–Kier alpha value is -1.69. The van der Waals surface area contributed by atoms with Crippen LogP contribution >= 0.6 is 0 Å². The lowest BCUT2D eigenvalue weighted by molar-refractivity contribution is 0.0821. The van der Waals surface area contributed by atoms with Gasteiger partial charge in [-0.2, -0.15) is 0 Å². The van der Waals surface area contributed by atoms with E-state index >= 15 is 0 Å². The minimum absolute atomic E-state index is 0.148. The third-order valence-electron chi connectivity index (χ3n) is 2.82. The van der Waals surface area contributed by atoms with Crippen LogP contribution in [0.2, 0.25) is 0 Å². The van der Waals surface area contributed by atoms with Crippen LogP contribution < -0.4 is 4.90 Å². The lowest BCUT2D eigenvalue weighted by atomic mass is 10.2. The van der Waals surface area contributed by atoms with E-state index in [1.807, 2.05) is 11.9 Å².